The van der Waals surface area contributed by atoms with Gasteiger partial charge in [-0.25, -0.2) is 0 Å². The Bertz CT molecular complexity index is 515. The lowest BCUT2D eigenvalue weighted by Crippen LogP contribution is -2.36. The number of nitrogens with zero attached hydrogens (tertiary/aromatic N) is 1. The van der Waals surface area contributed by atoms with E-state index in [0.717, 1.165) is 0 Å². The Kier molecular flexibility index (Phi) is 3.46. The molecule has 2 rings (SSSR count). The van der Waals surface area contributed by atoms with Crippen molar-refractivity contribution in [3.8, 4) is 0 Å². The summed E-state index contributed by atoms with van der Waals surface area (Å²) < 4.78 is 0. The molecule has 1 heterocycles. The van der Waals surface area contributed by atoms with E-state index in [4.69, 9.17) is 5.73 Å². The first-order chi connectivity index (χ1) is 9.00. The molecule has 1 aliphatic heterocycles. The molecule has 0 spiro atoms. The van der Waals surface area contributed by atoms with Crippen molar-refractivity contribution in [2.75, 3.05) is 18.8 Å². The first-order valence-electron chi connectivity index (χ1n) is 6.37. The predicted octanol–water partition coefficient (Wildman–Crippen LogP) is 1.60. The zero-order valence-electron chi connectivity index (χ0n) is 10.9. The lowest BCUT2D eigenvalue weighted by molar-refractivity contribution is -0.148. The van der Waals surface area contributed by atoms with Gasteiger partial charge < -0.3 is 15.7 Å². The van der Waals surface area contributed by atoms with Gasteiger partial charge in [0.2, 0.25) is 0 Å². The van der Waals surface area contributed by atoms with Crippen molar-refractivity contribution in [3.05, 3.63) is 29.8 Å². The lowest BCUT2D eigenvalue weighted by Gasteiger charge is -2.23. The highest BCUT2D eigenvalue weighted by atomic mass is 16.4. The average molecular weight is 262 g/mol. The number of carbonyl (C=O) groups is 2. The summed E-state index contributed by atoms with van der Waals surface area (Å²) in [4.78, 5) is 25.3. The number of amides is 1. The molecule has 1 aromatic rings. The van der Waals surface area contributed by atoms with E-state index in [9.17, 15) is 14.7 Å². The molecule has 5 nitrogen and oxygen atoms in total. The summed E-state index contributed by atoms with van der Waals surface area (Å²) in [5, 5.41) is 9.33. The van der Waals surface area contributed by atoms with Crippen LogP contribution in [-0.2, 0) is 4.79 Å². The maximum absolute atomic E-state index is 12.3. The van der Waals surface area contributed by atoms with Crippen LogP contribution < -0.4 is 5.73 Å². The van der Waals surface area contributed by atoms with Gasteiger partial charge in [0.15, 0.2) is 0 Å². The molecule has 1 aromatic carbocycles. The third-order valence-corrected chi connectivity index (χ3v) is 3.96. The fraction of sp³-hybridized carbons (Fsp3) is 0.429. The number of benzene rings is 1. The molecule has 5 heteroatoms. The summed E-state index contributed by atoms with van der Waals surface area (Å²) in [5.41, 5.74) is 5.85. The molecule has 1 saturated heterocycles. The maximum Gasteiger partial charge on any atom is 0.311 e. The van der Waals surface area contributed by atoms with E-state index in [2.05, 4.69) is 0 Å². The second-order valence-corrected chi connectivity index (χ2v) is 5.00. The monoisotopic (exact) mass is 262 g/mol. The van der Waals surface area contributed by atoms with E-state index in [1.807, 2.05) is 6.92 Å². The van der Waals surface area contributed by atoms with Gasteiger partial charge in [0.1, 0.15) is 0 Å². The zero-order chi connectivity index (χ0) is 14.0. The first-order valence-corrected chi connectivity index (χ1v) is 6.37. The predicted molar refractivity (Wildman–Crippen MR) is 71.7 cm³/mol. The molecule has 19 heavy (non-hydrogen) atoms. The summed E-state index contributed by atoms with van der Waals surface area (Å²) in [6.45, 7) is 2.57. The number of hydrogen-bond acceptors (Lipinski definition) is 3. The minimum Gasteiger partial charge on any atom is -0.481 e. The van der Waals surface area contributed by atoms with Crippen molar-refractivity contribution < 1.29 is 14.7 Å². The third kappa shape index (κ3) is 2.28. The van der Waals surface area contributed by atoms with E-state index in [0.29, 0.717) is 30.6 Å². The number of carboxylic acids is 1. The Hall–Kier alpha value is -2.04. The minimum absolute atomic E-state index is 0.185. The second-order valence-electron chi connectivity index (χ2n) is 5.00. The molecule has 1 fully saturated rings. The molecule has 1 unspecified atom stereocenters. The second kappa shape index (κ2) is 4.91. The number of nitrogen functional groups attached to an aromatic ring is 1. The molecule has 0 aromatic heterocycles. The summed E-state index contributed by atoms with van der Waals surface area (Å²) >= 11 is 0. The molecular formula is C14H18N2O3. The van der Waals surface area contributed by atoms with Crippen molar-refractivity contribution >= 4 is 17.6 Å². The highest BCUT2D eigenvalue weighted by molar-refractivity contribution is 5.99. The Morgan fingerprint density at radius 2 is 2.11 bits per heavy atom. The topological polar surface area (TPSA) is 83.6 Å². The number of likely N-dealkylation sites (tertiary alicyclic amines) is 1. The van der Waals surface area contributed by atoms with Crippen molar-refractivity contribution in [1.29, 1.82) is 0 Å². The largest absolute Gasteiger partial charge is 0.481 e. The molecule has 0 bridgehead atoms. The van der Waals surface area contributed by atoms with E-state index in [1.165, 1.54) is 0 Å². The number of anilines is 1. The lowest BCUT2D eigenvalue weighted by atomic mass is 9.84. The number of aliphatic carboxylic acids is 1. The quantitative estimate of drug-likeness (QED) is 0.810. The normalized spacial score (nSPS) is 22.5. The van der Waals surface area contributed by atoms with Crippen LogP contribution in [0.1, 0.15) is 30.1 Å². The molecule has 1 atom stereocenters. The number of rotatable bonds is 3. The number of nitrogens with two attached hydrogens (primary N) is 1. The van der Waals surface area contributed by atoms with Crippen LogP contribution in [0.4, 0.5) is 5.69 Å². The molecular weight excluding hydrogens is 244 g/mol. The van der Waals surface area contributed by atoms with Crippen LogP contribution in [0.2, 0.25) is 0 Å². The van der Waals surface area contributed by atoms with Crippen LogP contribution >= 0.6 is 0 Å². The van der Waals surface area contributed by atoms with Gasteiger partial charge in [-0.05, 0) is 25.0 Å². The standard InChI is InChI=1S/C14H18N2O3/c1-2-14(13(18)19)7-8-16(9-14)12(17)10-5-3-4-6-11(10)15/h3-6H,2,7-9,15H2,1H3,(H,18,19). The van der Waals surface area contributed by atoms with Gasteiger partial charge in [-0.15, -0.1) is 0 Å². The molecule has 102 valence electrons. The van der Waals surface area contributed by atoms with Crippen molar-refractivity contribution in [3.63, 3.8) is 0 Å². The van der Waals surface area contributed by atoms with Gasteiger partial charge >= 0.3 is 5.97 Å². The molecule has 1 amide bonds. The zero-order valence-corrected chi connectivity index (χ0v) is 10.9. The van der Waals surface area contributed by atoms with Crippen LogP contribution in [0.3, 0.4) is 0 Å². The van der Waals surface area contributed by atoms with E-state index in [-0.39, 0.29) is 12.5 Å². The van der Waals surface area contributed by atoms with E-state index in [1.54, 1.807) is 29.2 Å². The molecule has 0 radical (unpaired) electrons. The number of para-hydroxylation sites is 1. The first kappa shape index (κ1) is 13.4. The van der Waals surface area contributed by atoms with Gasteiger partial charge in [-0.2, -0.15) is 0 Å². The Morgan fingerprint density at radius 1 is 1.42 bits per heavy atom. The SMILES string of the molecule is CCC1(C(=O)O)CCN(C(=O)c2ccccc2N)C1. The molecule has 0 saturated carbocycles. The van der Waals surface area contributed by atoms with Gasteiger partial charge in [0.25, 0.3) is 5.91 Å². The minimum atomic E-state index is -0.827. The van der Waals surface area contributed by atoms with Crippen molar-refractivity contribution in [1.82, 2.24) is 4.90 Å². The van der Waals surface area contributed by atoms with Crippen molar-refractivity contribution in [2.24, 2.45) is 5.41 Å². The summed E-state index contributed by atoms with van der Waals surface area (Å²) in [6, 6.07) is 6.87. The molecule has 3 N–H and O–H groups in total. The van der Waals surface area contributed by atoms with Crippen LogP contribution in [0.15, 0.2) is 24.3 Å². The van der Waals surface area contributed by atoms with Gasteiger partial charge in [0, 0.05) is 18.8 Å². The highest BCUT2D eigenvalue weighted by Gasteiger charge is 2.44. The summed E-state index contributed by atoms with van der Waals surface area (Å²) in [5.74, 6) is -1.01. The van der Waals surface area contributed by atoms with E-state index < -0.39 is 11.4 Å². The smallest absolute Gasteiger partial charge is 0.311 e. The van der Waals surface area contributed by atoms with E-state index >= 15 is 0 Å². The van der Waals surface area contributed by atoms with Gasteiger partial charge in [-0.3, -0.25) is 9.59 Å². The number of carbonyl (C=O) groups excluding carboxylic acids is 1. The fourth-order valence-corrected chi connectivity index (χ4v) is 2.52. The molecule has 1 aliphatic rings. The Balaban J connectivity index is 2.20. The molecule has 0 aliphatic carbocycles. The summed E-state index contributed by atoms with van der Waals surface area (Å²) in [6.07, 6.45) is 1.02. The number of hydrogen-bond donors (Lipinski definition) is 2. The van der Waals surface area contributed by atoms with Gasteiger partial charge in [0.05, 0.1) is 11.0 Å². The maximum atomic E-state index is 12.3. The van der Waals surface area contributed by atoms with Crippen LogP contribution in [0.5, 0.6) is 0 Å². The van der Waals surface area contributed by atoms with Crippen LogP contribution in [0.25, 0.3) is 0 Å². The highest BCUT2D eigenvalue weighted by Crippen LogP contribution is 2.35. The Labute approximate surface area is 112 Å². The van der Waals surface area contributed by atoms with Crippen molar-refractivity contribution in [2.45, 2.75) is 19.8 Å². The fourth-order valence-electron chi connectivity index (χ4n) is 2.52. The Morgan fingerprint density at radius 3 is 2.63 bits per heavy atom. The summed E-state index contributed by atoms with van der Waals surface area (Å²) in [7, 11) is 0. The van der Waals surface area contributed by atoms with Crippen LogP contribution in [-0.4, -0.2) is 35.0 Å². The number of carboxylic acid groups (broad SMARTS) is 1. The van der Waals surface area contributed by atoms with Gasteiger partial charge in [-0.1, -0.05) is 19.1 Å². The van der Waals surface area contributed by atoms with Crippen LogP contribution in [0, 0.1) is 5.41 Å². The third-order valence-electron chi connectivity index (χ3n) is 3.96. The average Bonchev–Trinajstić information content (AvgIpc) is 2.84.